The van der Waals surface area contributed by atoms with Gasteiger partial charge in [-0.2, -0.15) is 0 Å². The monoisotopic (exact) mass is 393 g/mol. The number of likely N-dealkylation sites (tertiary alicyclic amines) is 1. The molecule has 0 aliphatic carbocycles. The lowest BCUT2D eigenvalue weighted by molar-refractivity contribution is -0.0365. The third-order valence-electron chi connectivity index (χ3n) is 5.81. The standard InChI is InChI=1S/C23H27N3O3/c1-17-7-8-21(29-2)18(13-17)14-25-11-9-23(28,10-12-25)15-26-16-24-20-6-4-3-5-19(20)22(26)27/h3-8,13,16,28H,9-12,14-15H2,1-2H3. The summed E-state index contributed by atoms with van der Waals surface area (Å²) in [5, 5.41) is 11.7. The quantitative estimate of drug-likeness (QED) is 0.722. The normalized spacial score (nSPS) is 16.8. The van der Waals surface area contributed by atoms with E-state index in [4.69, 9.17) is 4.74 Å². The van der Waals surface area contributed by atoms with Crippen LogP contribution in [0.3, 0.4) is 0 Å². The van der Waals surface area contributed by atoms with Crippen LogP contribution in [0.5, 0.6) is 5.75 Å². The van der Waals surface area contributed by atoms with Crippen LogP contribution in [0.2, 0.25) is 0 Å². The molecule has 0 saturated carbocycles. The molecule has 2 aromatic carbocycles. The number of methoxy groups -OCH3 is 1. The van der Waals surface area contributed by atoms with Crippen LogP contribution in [-0.2, 0) is 13.1 Å². The number of hydrogen-bond donors (Lipinski definition) is 1. The predicted octanol–water partition coefficient (Wildman–Crippen LogP) is 2.74. The highest BCUT2D eigenvalue weighted by Gasteiger charge is 2.33. The molecule has 1 aromatic heterocycles. The average Bonchev–Trinajstić information content (AvgIpc) is 2.72. The first-order valence-corrected chi connectivity index (χ1v) is 10.00. The van der Waals surface area contributed by atoms with Crippen molar-refractivity contribution in [2.75, 3.05) is 20.2 Å². The molecule has 6 heteroatoms. The Hall–Kier alpha value is -2.70. The number of para-hydroxylation sites is 1. The summed E-state index contributed by atoms with van der Waals surface area (Å²) in [5.41, 5.74) is 2.05. The Morgan fingerprint density at radius 3 is 2.69 bits per heavy atom. The van der Waals surface area contributed by atoms with Gasteiger partial charge >= 0.3 is 0 Å². The molecular formula is C23H27N3O3. The Bertz CT molecular complexity index is 1070. The van der Waals surface area contributed by atoms with Crippen LogP contribution in [0.1, 0.15) is 24.0 Å². The van der Waals surface area contributed by atoms with E-state index in [1.54, 1.807) is 24.1 Å². The number of aryl methyl sites for hydroxylation is 1. The zero-order chi connectivity index (χ0) is 20.4. The second kappa shape index (κ2) is 7.97. The zero-order valence-electron chi connectivity index (χ0n) is 17.0. The molecule has 4 rings (SSSR count). The fraction of sp³-hybridized carbons (Fsp3) is 0.391. The molecule has 1 aliphatic rings. The molecule has 2 heterocycles. The fourth-order valence-electron chi connectivity index (χ4n) is 4.09. The number of aliphatic hydroxyl groups is 1. The van der Waals surface area contributed by atoms with Crippen LogP contribution in [-0.4, -0.2) is 45.4 Å². The Balaban J connectivity index is 1.44. The number of rotatable bonds is 5. The summed E-state index contributed by atoms with van der Waals surface area (Å²) in [4.78, 5) is 19.4. The zero-order valence-corrected chi connectivity index (χ0v) is 17.0. The third-order valence-corrected chi connectivity index (χ3v) is 5.81. The summed E-state index contributed by atoms with van der Waals surface area (Å²) in [6, 6.07) is 13.5. The minimum absolute atomic E-state index is 0.101. The third kappa shape index (κ3) is 4.18. The Kier molecular flexibility index (Phi) is 5.39. The van der Waals surface area contributed by atoms with Gasteiger partial charge in [-0.1, -0.05) is 29.8 Å². The highest BCUT2D eigenvalue weighted by Crippen LogP contribution is 2.27. The summed E-state index contributed by atoms with van der Waals surface area (Å²) < 4.78 is 7.03. The lowest BCUT2D eigenvalue weighted by Gasteiger charge is -2.38. The van der Waals surface area contributed by atoms with Gasteiger partial charge in [0, 0.05) is 25.2 Å². The highest BCUT2D eigenvalue weighted by molar-refractivity contribution is 5.76. The van der Waals surface area contributed by atoms with E-state index in [9.17, 15) is 9.90 Å². The summed E-state index contributed by atoms with van der Waals surface area (Å²) >= 11 is 0. The molecule has 0 spiro atoms. The summed E-state index contributed by atoms with van der Waals surface area (Å²) in [6.07, 6.45) is 2.77. The van der Waals surface area contributed by atoms with E-state index in [2.05, 4.69) is 22.9 Å². The first kappa shape index (κ1) is 19.6. The number of piperidine rings is 1. The van der Waals surface area contributed by atoms with E-state index in [0.29, 0.717) is 23.7 Å². The van der Waals surface area contributed by atoms with Crippen LogP contribution in [0.25, 0.3) is 10.9 Å². The lowest BCUT2D eigenvalue weighted by atomic mass is 9.91. The Morgan fingerprint density at radius 1 is 1.17 bits per heavy atom. The maximum atomic E-state index is 12.7. The fourth-order valence-corrected chi connectivity index (χ4v) is 4.09. The van der Waals surface area contributed by atoms with E-state index >= 15 is 0 Å². The van der Waals surface area contributed by atoms with Crippen LogP contribution in [0.4, 0.5) is 0 Å². The van der Waals surface area contributed by atoms with Crippen molar-refractivity contribution in [3.8, 4) is 5.75 Å². The van der Waals surface area contributed by atoms with E-state index in [1.165, 1.54) is 5.56 Å². The number of benzene rings is 2. The molecule has 1 fully saturated rings. The van der Waals surface area contributed by atoms with Crippen molar-refractivity contribution in [2.45, 2.75) is 38.5 Å². The molecule has 0 amide bonds. The number of aromatic nitrogens is 2. The molecule has 1 saturated heterocycles. The number of hydrogen-bond acceptors (Lipinski definition) is 5. The predicted molar refractivity (Wildman–Crippen MR) is 113 cm³/mol. The molecule has 0 radical (unpaired) electrons. The summed E-state index contributed by atoms with van der Waals surface area (Å²) in [7, 11) is 1.69. The van der Waals surface area contributed by atoms with Gasteiger partial charge in [0.25, 0.3) is 5.56 Å². The van der Waals surface area contributed by atoms with Crippen molar-refractivity contribution in [1.29, 1.82) is 0 Å². The van der Waals surface area contributed by atoms with E-state index < -0.39 is 5.60 Å². The van der Waals surface area contributed by atoms with Gasteiger partial charge in [-0.05, 0) is 38.0 Å². The van der Waals surface area contributed by atoms with Gasteiger partial charge in [0.05, 0.1) is 36.5 Å². The average molecular weight is 393 g/mol. The molecule has 0 unspecified atom stereocenters. The van der Waals surface area contributed by atoms with Crippen molar-refractivity contribution in [3.05, 3.63) is 70.3 Å². The maximum Gasteiger partial charge on any atom is 0.261 e. The van der Waals surface area contributed by atoms with E-state index in [-0.39, 0.29) is 12.1 Å². The number of ether oxygens (including phenoxy) is 1. The minimum Gasteiger partial charge on any atom is -0.496 e. The van der Waals surface area contributed by atoms with Gasteiger partial charge in [-0.25, -0.2) is 4.98 Å². The van der Waals surface area contributed by atoms with Gasteiger partial charge in [-0.15, -0.1) is 0 Å². The largest absolute Gasteiger partial charge is 0.496 e. The van der Waals surface area contributed by atoms with E-state index in [0.717, 1.165) is 30.9 Å². The van der Waals surface area contributed by atoms with Gasteiger partial charge in [0.2, 0.25) is 0 Å². The lowest BCUT2D eigenvalue weighted by Crippen LogP contribution is -2.47. The van der Waals surface area contributed by atoms with Gasteiger partial charge in [-0.3, -0.25) is 14.3 Å². The summed E-state index contributed by atoms with van der Waals surface area (Å²) in [5.74, 6) is 0.894. The topological polar surface area (TPSA) is 67.6 Å². The van der Waals surface area contributed by atoms with Gasteiger partial charge in [0.1, 0.15) is 5.75 Å². The van der Waals surface area contributed by atoms with Crippen molar-refractivity contribution in [1.82, 2.24) is 14.5 Å². The highest BCUT2D eigenvalue weighted by atomic mass is 16.5. The molecule has 6 nitrogen and oxygen atoms in total. The van der Waals surface area contributed by atoms with Crippen molar-refractivity contribution < 1.29 is 9.84 Å². The summed E-state index contributed by atoms with van der Waals surface area (Å²) in [6.45, 7) is 4.67. The molecule has 3 aromatic rings. The van der Waals surface area contributed by atoms with E-state index in [1.807, 2.05) is 30.3 Å². The van der Waals surface area contributed by atoms with Crippen LogP contribution < -0.4 is 10.3 Å². The second-order valence-corrected chi connectivity index (χ2v) is 8.01. The SMILES string of the molecule is COc1ccc(C)cc1CN1CCC(O)(Cn2cnc3ccccc3c2=O)CC1. The maximum absolute atomic E-state index is 12.7. The molecule has 152 valence electrons. The van der Waals surface area contributed by atoms with Gasteiger partial charge < -0.3 is 9.84 Å². The molecule has 1 N–H and O–H groups in total. The molecule has 0 atom stereocenters. The molecule has 1 aliphatic heterocycles. The molecule has 29 heavy (non-hydrogen) atoms. The molecular weight excluding hydrogens is 366 g/mol. The minimum atomic E-state index is -0.902. The molecule has 0 bridgehead atoms. The van der Waals surface area contributed by atoms with Crippen molar-refractivity contribution in [2.24, 2.45) is 0 Å². The van der Waals surface area contributed by atoms with Crippen molar-refractivity contribution in [3.63, 3.8) is 0 Å². The van der Waals surface area contributed by atoms with Crippen LogP contribution in [0, 0.1) is 6.92 Å². The van der Waals surface area contributed by atoms with Crippen LogP contribution >= 0.6 is 0 Å². The first-order valence-electron chi connectivity index (χ1n) is 10.00. The van der Waals surface area contributed by atoms with Gasteiger partial charge in [0.15, 0.2) is 0 Å². The Morgan fingerprint density at radius 2 is 1.93 bits per heavy atom. The first-order chi connectivity index (χ1) is 14.0. The second-order valence-electron chi connectivity index (χ2n) is 8.01. The van der Waals surface area contributed by atoms with Crippen LogP contribution in [0.15, 0.2) is 53.6 Å². The van der Waals surface area contributed by atoms with Crippen molar-refractivity contribution >= 4 is 10.9 Å². The number of nitrogens with zero attached hydrogens (tertiary/aromatic N) is 3. The Labute approximate surface area is 170 Å². The smallest absolute Gasteiger partial charge is 0.261 e. The number of fused-ring (bicyclic) bond motifs is 1.